The molecule has 2 aromatic carbocycles. The van der Waals surface area contributed by atoms with Crippen molar-refractivity contribution in [3.05, 3.63) is 64.2 Å². The van der Waals surface area contributed by atoms with Gasteiger partial charge in [-0.2, -0.15) is 0 Å². The average Bonchev–Trinajstić information content (AvgIpc) is 2.67. The maximum Gasteiger partial charge on any atom is 0.308 e. The molecule has 0 spiro atoms. The van der Waals surface area contributed by atoms with Crippen LogP contribution >= 0.6 is 0 Å². The number of anilines is 2. The topological polar surface area (TPSA) is 95.7 Å². The molecule has 1 aliphatic rings. The minimum atomic E-state index is -0.793. The van der Waals surface area contributed by atoms with E-state index in [9.17, 15) is 20.0 Å². The zero-order valence-corrected chi connectivity index (χ0v) is 14.3. The Labute approximate surface area is 151 Å². The molecule has 1 fully saturated rings. The van der Waals surface area contributed by atoms with Crippen molar-refractivity contribution in [2.45, 2.75) is 19.4 Å². The fourth-order valence-corrected chi connectivity index (χ4v) is 3.23. The summed E-state index contributed by atoms with van der Waals surface area (Å²) >= 11 is 0. The lowest BCUT2D eigenvalue weighted by Gasteiger charge is -2.32. The van der Waals surface area contributed by atoms with Gasteiger partial charge in [0.25, 0.3) is 5.69 Å². The molecule has 0 bridgehead atoms. The van der Waals surface area contributed by atoms with Crippen LogP contribution in [-0.4, -0.2) is 29.1 Å². The quantitative estimate of drug-likeness (QED) is 0.608. The van der Waals surface area contributed by atoms with Gasteiger partial charge in [0.1, 0.15) is 5.69 Å². The van der Waals surface area contributed by atoms with Crippen molar-refractivity contribution in [3.8, 4) is 0 Å². The number of nitro groups is 1. The molecule has 0 aliphatic carbocycles. The molecule has 1 aliphatic heterocycles. The number of hydrogen-bond donors (Lipinski definition) is 2. The van der Waals surface area contributed by atoms with Gasteiger partial charge in [-0.15, -0.1) is 0 Å². The maximum atomic E-state index is 11.3. The Hall–Kier alpha value is -3.09. The highest BCUT2D eigenvalue weighted by molar-refractivity contribution is 5.73. The van der Waals surface area contributed by atoms with Crippen LogP contribution in [0.2, 0.25) is 0 Å². The monoisotopic (exact) mass is 355 g/mol. The number of nitro benzene ring substituents is 1. The third-order valence-corrected chi connectivity index (χ3v) is 4.64. The van der Waals surface area contributed by atoms with E-state index in [2.05, 4.69) is 5.32 Å². The van der Waals surface area contributed by atoms with Crippen molar-refractivity contribution in [3.63, 3.8) is 0 Å². The van der Waals surface area contributed by atoms with E-state index in [1.165, 1.54) is 6.07 Å². The van der Waals surface area contributed by atoms with Gasteiger partial charge in [-0.25, -0.2) is 0 Å². The van der Waals surface area contributed by atoms with Gasteiger partial charge in [-0.05, 0) is 30.5 Å². The van der Waals surface area contributed by atoms with Gasteiger partial charge >= 0.3 is 5.97 Å². The molecule has 0 aromatic heterocycles. The first-order valence-corrected chi connectivity index (χ1v) is 8.58. The molecule has 0 saturated carbocycles. The number of benzene rings is 2. The van der Waals surface area contributed by atoms with Crippen molar-refractivity contribution in [1.82, 2.24) is 0 Å². The molecule has 1 unspecified atom stereocenters. The standard InChI is InChI=1S/C19H21N3O4/c23-19(24)15-7-4-10-21(13-15)16-8-9-18(22(25)26)17(11-16)20-12-14-5-2-1-3-6-14/h1-3,5-6,8-9,11,15,20H,4,7,10,12-13H2,(H,23,24). The van der Waals surface area contributed by atoms with Crippen LogP contribution in [0.25, 0.3) is 0 Å². The van der Waals surface area contributed by atoms with Gasteiger partial charge in [-0.3, -0.25) is 14.9 Å². The summed E-state index contributed by atoms with van der Waals surface area (Å²) in [6.45, 7) is 1.65. The highest BCUT2D eigenvalue weighted by atomic mass is 16.6. The number of hydrogen-bond acceptors (Lipinski definition) is 5. The minimum Gasteiger partial charge on any atom is -0.481 e. The third kappa shape index (κ3) is 4.11. The van der Waals surface area contributed by atoms with Crippen LogP contribution in [0.4, 0.5) is 17.1 Å². The number of nitrogens with one attached hydrogen (secondary N) is 1. The molecule has 26 heavy (non-hydrogen) atoms. The lowest BCUT2D eigenvalue weighted by molar-refractivity contribution is -0.384. The Morgan fingerprint density at radius 1 is 1.27 bits per heavy atom. The predicted octanol–water partition coefficient (Wildman–Crippen LogP) is 3.51. The van der Waals surface area contributed by atoms with Crippen LogP contribution in [-0.2, 0) is 11.3 Å². The number of aliphatic carboxylic acids is 1. The van der Waals surface area contributed by atoms with Crippen LogP contribution in [0.15, 0.2) is 48.5 Å². The van der Waals surface area contributed by atoms with Crippen LogP contribution in [0, 0.1) is 16.0 Å². The highest BCUT2D eigenvalue weighted by Gasteiger charge is 2.26. The summed E-state index contributed by atoms with van der Waals surface area (Å²) in [6, 6.07) is 14.6. The molecule has 0 radical (unpaired) electrons. The number of rotatable bonds is 6. The molecular weight excluding hydrogens is 334 g/mol. The molecule has 136 valence electrons. The Bertz CT molecular complexity index is 795. The molecular formula is C19H21N3O4. The van der Waals surface area contributed by atoms with Gasteiger partial charge in [-0.1, -0.05) is 30.3 Å². The van der Waals surface area contributed by atoms with Crippen molar-refractivity contribution in [2.24, 2.45) is 5.92 Å². The number of nitrogens with zero attached hydrogens (tertiary/aromatic N) is 2. The summed E-state index contributed by atoms with van der Waals surface area (Å²) in [5, 5.41) is 23.7. The van der Waals surface area contributed by atoms with Gasteiger partial charge in [0.05, 0.1) is 10.8 Å². The average molecular weight is 355 g/mol. The smallest absolute Gasteiger partial charge is 0.308 e. The van der Waals surface area contributed by atoms with Gasteiger partial charge in [0.15, 0.2) is 0 Å². The lowest BCUT2D eigenvalue weighted by Crippen LogP contribution is -2.38. The van der Waals surface area contributed by atoms with Crippen LogP contribution in [0.1, 0.15) is 18.4 Å². The normalized spacial score (nSPS) is 16.9. The lowest BCUT2D eigenvalue weighted by atomic mass is 9.97. The predicted molar refractivity (Wildman–Crippen MR) is 99.4 cm³/mol. The second-order valence-electron chi connectivity index (χ2n) is 6.42. The van der Waals surface area contributed by atoms with E-state index < -0.39 is 16.8 Å². The molecule has 2 aromatic rings. The third-order valence-electron chi connectivity index (χ3n) is 4.64. The summed E-state index contributed by atoms with van der Waals surface area (Å²) in [7, 11) is 0. The van der Waals surface area contributed by atoms with E-state index in [0.29, 0.717) is 25.2 Å². The van der Waals surface area contributed by atoms with Crippen molar-refractivity contribution in [2.75, 3.05) is 23.3 Å². The number of carboxylic acid groups (broad SMARTS) is 1. The van der Waals surface area contributed by atoms with Crippen LogP contribution in [0.5, 0.6) is 0 Å². The zero-order chi connectivity index (χ0) is 18.5. The first-order chi connectivity index (χ1) is 12.5. The van der Waals surface area contributed by atoms with E-state index in [-0.39, 0.29) is 5.69 Å². The van der Waals surface area contributed by atoms with E-state index in [1.54, 1.807) is 12.1 Å². The van der Waals surface area contributed by atoms with E-state index >= 15 is 0 Å². The van der Waals surface area contributed by atoms with Gasteiger partial charge in [0.2, 0.25) is 0 Å². The Kier molecular flexibility index (Phi) is 5.36. The Balaban J connectivity index is 1.81. The second-order valence-corrected chi connectivity index (χ2v) is 6.42. The summed E-state index contributed by atoms with van der Waals surface area (Å²) in [5.74, 6) is -1.20. The van der Waals surface area contributed by atoms with Gasteiger partial charge < -0.3 is 15.3 Å². The minimum absolute atomic E-state index is 0.0106. The van der Waals surface area contributed by atoms with E-state index in [4.69, 9.17) is 0 Å². The molecule has 1 saturated heterocycles. The van der Waals surface area contributed by atoms with E-state index in [1.807, 2.05) is 35.2 Å². The Morgan fingerprint density at radius 2 is 2.04 bits per heavy atom. The van der Waals surface area contributed by atoms with E-state index in [0.717, 1.165) is 24.2 Å². The Morgan fingerprint density at radius 3 is 2.73 bits per heavy atom. The molecule has 7 nitrogen and oxygen atoms in total. The molecule has 0 amide bonds. The fraction of sp³-hybridized carbons (Fsp3) is 0.316. The largest absolute Gasteiger partial charge is 0.481 e. The number of carbonyl (C=O) groups is 1. The summed E-state index contributed by atoms with van der Waals surface area (Å²) < 4.78 is 0. The molecule has 3 rings (SSSR count). The first kappa shape index (κ1) is 17.7. The number of piperidine rings is 1. The van der Waals surface area contributed by atoms with Crippen LogP contribution < -0.4 is 10.2 Å². The maximum absolute atomic E-state index is 11.3. The summed E-state index contributed by atoms with van der Waals surface area (Å²) in [6.07, 6.45) is 1.46. The summed E-state index contributed by atoms with van der Waals surface area (Å²) in [5.41, 5.74) is 2.28. The van der Waals surface area contributed by atoms with Crippen molar-refractivity contribution < 1.29 is 14.8 Å². The molecule has 1 atom stereocenters. The molecule has 7 heteroatoms. The SMILES string of the molecule is O=C(O)C1CCCN(c2ccc([N+](=O)[O-])c(NCc3ccccc3)c2)C1. The van der Waals surface area contributed by atoms with Gasteiger partial charge in [0, 0.05) is 31.4 Å². The van der Waals surface area contributed by atoms with Crippen molar-refractivity contribution in [1.29, 1.82) is 0 Å². The van der Waals surface area contributed by atoms with Crippen LogP contribution in [0.3, 0.4) is 0 Å². The zero-order valence-electron chi connectivity index (χ0n) is 14.3. The summed E-state index contributed by atoms with van der Waals surface area (Å²) in [4.78, 5) is 24.2. The molecule has 1 heterocycles. The first-order valence-electron chi connectivity index (χ1n) is 8.58. The van der Waals surface area contributed by atoms with Crippen molar-refractivity contribution >= 4 is 23.0 Å². The fourth-order valence-electron chi connectivity index (χ4n) is 3.23. The highest BCUT2D eigenvalue weighted by Crippen LogP contribution is 2.32. The molecule has 2 N–H and O–H groups in total. The second kappa shape index (κ2) is 7.86. The number of carboxylic acids is 1.